The third kappa shape index (κ3) is 5.06. The SMILES string of the molecule is CC1(C)c2cc(C=Cc3ccc(N(c4ccccc4)c4ccccc4)cc3)ccc2-c2ccc3c4ccccc4n(-c4cc5cccc6ccc7cccc4c7c65)c3c21. The average molecular weight is 753 g/mol. The van der Waals surface area contributed by atoms with E-state index in [2.05, 4.69) is 230 Å². The number of para-hydroxylation sites is 3. The van der Waals surface area contributed by atoms with Crippen LogP contribution in [-0.4, -0.2) is 4.57 Å². The number of anilines is 3. The fraction of sp³-hybridized carbons (Fsp3) is 0.0526. The van der Waals surface area contributed by atoms with Crippen LogP contribution in [0.3, 0.4) is 0 Å². The van der Waals surface area contributed by atoms with Crippen LogP contribution in [0.15, 0.2) is 194 Å². The molecule has 2 nitrogen and oxygen atoms in total. The van der Waals surface area contributed by atoms with Gasteiger partial charge >= 0.3 is 0 Å². The van der Waals surface area contributed by atoms with Crippen molar-refractivity contribution in [2.75, 3.05) is 4.90 Å². The molecule has 0 N–H and O–H groups in total. The summed E-state index contributed by atoms with van der Waals surface area (Å²) in [5, 5.41) is 10.4. The highest BCUT2D eigenvalue weighted by Gasteiger charge is 2.39. The van der Waals surface area contributed by atoms with E-state index in [1.165, 1.54) is 87.6 Å². The highest BCUT2D eigenvalue weighted by molar-refractivity contribution is 6.26. The second-order valence-corrected chi connectivity index (χ2v) is 16.5. The van der Waals surface area contributed by atoms with Gasteiger partial charge in [-0.25, -0.2) is 0 Å². The molecule has 278 valence electrons. The predicted molar refractivity (Wildman–Crippen MR) is 252 cm³/mol. The van der Waals surface area contributed by atoms with Gasteiger partial charge < -0.3 is 9.47 Å². The largest absolute Gasteiger partial charge is 0.311 e. The van der Waals surface area contributed by atoms with Crippen molar-refractivity contribution >= 4 is 83.3 Å². The van der Waals surface area contributed by atoms with Gasteiger partial charge in [0.2, 0.25) is 0 Å². The second kappa shape index (κ2) is 12.8. The van der Waals surface area contributed by atoms with E-state index in [9.17, 15) is 0 Å². The van der Waals surface area contributed by atoms with Crippen molar-refractivity contribution in [1.29, 1.82) is 0 Å². The maximum atomic E-state index is 2.59. The Morgan fingerprint density at radius 2 is 1.03 bits per heavy atom. The van der Waals surface area contributed by atoms with Crippen molar-refractivity contribution in [3.63, 3.8) is 0 Å². The highest BCUT2D eigenvalue weighted by Crippen LogP contribution is 2.54. The molecule has 0 saturated carbocycles. The third-order valence-corrected chi connectivity index (χ3v) is 12.8. The number of aromatic nitrogens is 1. The molecule has 0 amide bonds. The Labute approximate surface area is 343 Å². The van der Waals surface area contributed by atoms with E-state index in [0.717, 1.165) is 22.6 Å². The molecule has 1 heterocycles. The number of hydrogen-bond donors (Lipinski definition) is 0. The van der Waals surface area contributed by atoms with Crippen molar-refractivity contribution in [3.05, 3.63) is 216 Å². The maximum absolute atomic E-state index is 2.59. The van der Waals surface area contributed by atoms with Gasteiger partial charge in [0.15, 0.2) is 0 Å². The van der Waals surface area contributed by atoms with Gasteiger partial charge in [-0.3, -0.25) is 0 Å². The highest BCUT2D eigenvalue weighted by atomic mass is 15.1. The van der Waals surface area contributed by atoms with Crippen molar-refractivity contribution in [2.45, 2.75) is 19.3 Å². The summed E-state index contributed by atoms with van der Waals surface area (Å²) in [4.78, 5) is 2.30. The summed E-state index contributed by atoms with van der Waals surface area (Å²) in [6, 6.07) is 71.2. The van der Waals surface area contributed by atoms with Crippen LogP contribution < -0.4 is 4.90 Å². The molecule has 0 radical (unpaired) electrons. The van der Waals surface area contributed by atoms with Crippen LogP contribution >= 0.6 is 0 Å². The van der Waals surface area contributed by atoms with Crippen LogP contribution in [0.1, 0.15) is 36.1 Å². The van der Waals surface area contributed by atoms with Crippen LogP contribution in [0.25, 0.3) is 83.1 Å². The standard InChI is InChI=1S/C57H40N2/c1-57(2)50-35-38(24-23-37-25-30-44(31-26-37)58(42-16-5-3-6-17-42)43-18-7-4-8-19-43)27-32-45(50)47-33-34-48-46-20-9-10-22-51(46)59(56(48)55(47)57)52-36-41-15-11-13-39-28-29-40-14-12-21-49(52)54(40)53(39)41/h3-36H,1-2H3. The average Bonchev–Trinajstić information content (AvgIpc) is 3.73. The number of rotatable bonds is 6. The molecule has 0 atom stereocenters. The molecule has 0 unspecified atom stereocenters. The van der Waals surface area contributed by atoms with Gasteiger partial charge in [-0.15, -0.1) is 0 Å². The lowest BCUT2D eigenvalue weighted by Gasteiger charge is -2.25. The van der Waals surface area contributed by atoms with Crippen molar-refractivity contribution in [3.8, 4) is 16.8 Å². The van der Waals surface area contributed by atoms with Gasteiger partial charge in [0.25, 0.3) is 0 Å². The summed E-state index contributed by atoms with van der Waals surface area (Å²) >= 11 is 0. The first-order chi connectivity index (χ1) is 29.0. The molecule has 0 spiro atoms. The van der Waals surface area contributed by atoms with E-state index in [0.29, 0.717) is 0 Å². The summed E-state index contributed by atoms with van der Waals surface area (Å²) < 4.78 is 2.59. The zero-order valence-corrected chi connectivity index (χ0v) is 33.0. The molecular formula is C57H40N2. The van der Waals surface area contributed by atoms with Gasteiger partial charge in [0.1, 0.15) is 0 Å². The molecule has 0 aliphatic heterocycles. The molecule has 0 fully saturated rings. The lowest BCUT2D eigenvalue weighted by molar-refractivity contribution is 0.664. The first-order valence-corrected chi connectivity index (χ1v) is 20.6. The minimum absolute atomic E-state index is 0.237. The van der Waals surface area contributed by atoms with Gasteiger partial charge in [-0.05, 0) is 109 Å². The van der Waals surface area contributed by atoms with Crippen molar-refractivity contribution in [1.82, 2.24) is 4.57 Å². The Bertz CT molecular complexity index is 3400. The lowest BCUT2D eigenvalue weighted by atomic mass is 9.81. The number of nitrogens with zero attached hydrogens (tertiary/aromatic N) is 2. The molecule has 0 saturated heterocycles. The first-order valence-electron chi connectivity index (χ1n) is 20.6. The van der Waals surface area contributed by atoms with E-state index in [1.54, 1.807) is 0 Å². The van der Waals surface area contributed by atoms with E-state index >= 15 is 0 Å². The molecule has 12 rings (SSSR count). The second-order valence-electron chi connectivity index (χ2n) is 16.5. The fourth-order valence-corrected chi connectivity index (χ4v) is 10.2. The summed E-state index contributed by atoms with van der Waals surface area (Å²) in [6.45, 7) is 4.84. The smallest absolute Gasteiger partial charge is 0.0588 e. The van der Waals surface area contributed by atoms with Gasteiger partial charge in [-0.2, -0.15) is 0 Å². The maximum Gasteiger partial charge on any atom is 0.0588 e. The van der Waals surface area contributed by atoms with Crippen LogP contribution in [0.5, 0.6) is 0 Å². The zero-order chi connectivity index (χ0) is 39.2. The molecule has 2 heteroatoms. The lowest BCUT2D eigenvalue weighted by Crippen LogP contribution is -2.16. The Morgan fingerprint density at radius 3 is 1.80 bits per heavy atom. The monoisotopic (exact) mass is 752 g/mol. The minimum Gasteiger partial charge on any atom is -0.311 e. The summed E-state index contributed by atoms with van der Waals surface area (Å²) in [7, 11) is 0. The molecule has 11 aromatic rings. The van der Waals surface area contributed by atoms with Gasteiger partial charge in [0, 0.05) is 38.6 Å². The summed E-state index contributed by atoms with van der Waals surface area (Å²) in [5.74, 6) is 0. The summed E-state index contributed by atoms with van der Waals surface area (Å²) in [6.07, 6.45) is 4.50. The van der Waals surface area contributed by atoms with E-state index in [-0.39, 0.29) is 5.41 Å². The number of fused-ring (bicyclic) bond motifs is 7. The molecule has 10 aromatic carbocycles. The summed E-state index contributed by atoms with van der Waals surface area (Å²) in [5.41, 5.74) is 14.7. The minimum atomic E-state index is -0.237. The third-order valence-electron chi connectivity index (χ3n) is 12.8. The molecule has 0 bridgehead atoms. The predicted octanol–water partition coefficient (Wildman–Crippen LogP) is 15.6. The number of benzene rings is 10. The fourth-order valence-electron chi connectivity index (χ4n) is 10.2. The Balaban J connectivity index is 0.966. The zero-order valence-electron chi connectivity index (χ0n) is 33.0. The molecule has 59 heavy (non-hydrogen) atoms. The molecular weight excluding hydrogens is 713 g/mol. The first kappa shape index (κ1) is 33.7. The van der Waals surface area contributed by atoms with Crippen molar-refractivity contribution in [2.24, 2.45) is 0 Å². The van der Waals surface area contributed by atoms with Gasteiger partial charge in [0.05, 0.1) is 16.7 Å². The van der Waals surface area contributed by atoms with Crippen LogP contribution in [0.4, 0.5) is 17.1 Å². The van der Waals surface area contributed by atoms with Crippen LogP contribution in [-0.2, 0) is 5.41 Å². The topological polar surface area (TPSA) is 8.17 Å². The van der Waals surface area contributed by atoms with E-state index in [1.807, 2.05) is 0 Å². The van der Waals surface area contributed by atoms with E-state index in [4.69, 9.17) is 0 Å². The normalized spacial score (nSPS) is 13.3. The quantitative estimate of drug-likeness (QED) is 0.121. The van der Waals surface area contributed by atoms with Crippen LogP contribution in [0, 0.1) is 0 Å². The van der Waals surface area contributed by atoms with Crippen LogP contribution in [0.2, 0.25) is 0 Å². The van der Waals surface area contributed by atoms with Crippen molar-refractivity contribution < 1.29 is 0 Å². The Morgan fingerprint density at radius 1 is 0.441 bits per heavy atom. The molecule has 1 aliphatic carbocycles. The molecule has 1 aromatic heterocycles. The Hall–Kier alpha value is -7.42. The number of hydrogen-bond acceptors (Lipinski definition) is 1. The van der Waals surface area contributed by atoms with E-state index < -0.39 is 0 Å². The Kier molecular flexibility index (Phi) is 7.31. The molecule has 1 aliphatic rings. The van der Waals surface area contributed by atoms with Gasteiger partial charge in [-0.1, -0.05) is 172 Å².